The van der Waals surface area contributed by atoms with Crippen molar-refractivity contribution in [2.45, 2.75) is 6.42 Å². The maximum absolute atomic E-state index is 12.5. The molecule has 0 fully saturated rings. The fourth-order valence-electron chi connectivity index (χ4n) is 0.857. The number of benzene rings is 1. The van der Waals surface area contributed by atoms with E-state index in [2.05, 4.69) is 32.4 Å². The van der Waals surface area contributed by atoms with E-state index < -0.39 is 11.6 Å². The summed E-state index contributed by atoms with van der Waals surface area (Å²) in [5.74, 6) is -1.12. The molecule has 0 aromatic heterocycles. The Kier molecular flexibility index (Phi) is 7.67. The van der Waals surface area contributed by atoms with Crippen molar-refractivity contribution in [2.24, 2.45) is 0 Å². The van der Waals surface area contributed by atoms with Gasteiger partial charge in [0.25, 0.3) is 0 Å². The fourth-order valence-corrected chi connectivity index (χ4v) is 0.857. The molecule has 0 saturated heterocycles. The van der Waals surface area contributed by atoms with Crippen molar-refractivity contribution in [3.05, 3.63) is 48.1 Å². The van der Waals surface area contributed by atoms with E-state index in [4.69, 9.17) is 0 Å². The van der Waals surface area contributed by atoms with Gasteiger partial charge in [0.05, 0.1) is 0 Å². The van der Waals surface area contributed by atoms with Crippen molar-refractivity contribution < 1.29 is 23.6 Å². The van der Waals surface area contributed by atoms with Gasteiger partial charge in [-0.05, 0) is 12.1 Å². The minimum absolute atomic E-state index is 0.370. The summed E-state index contributed by atoms with van der Waals surface area (Å²) >= 11 is 3.62. The third-order valence-corrected chi connectivity index (χ3v) is 1.25. The molecule has 0 N–H and O–H groups in total. The normalized spacial score (nSPS) is 8.69. The molecule has 0 aliphatic heterocycles. The molecule has 0 aliphatic carbocycles. The average Bonchev–Trinajstić information content (AvgIpc) is 2.06. The summed E-state index contributed by atoms with van der Waals surface area (Å²) in [4.78, 5) is 0. The Morgan fingerprint density at radius 3 is 2.08 bits per heavy atom. The first kappa shape index (κ1) is 13.2. The molecule has 0 radical (unpaired) electrons. The Labute approximate surface area is 97.3 Å². The Bertz CT molecular complexity index is 256. The molecular weight excluding hydrogens is 338 g/mol. The molecule has 0 heterocycles. The predicted molar refractivity (Wildman–Crippen MR) is 53.0 cm³/mol. The average molecular weight is 345 g/mol. The first-order valence-corrected chi connectivity index (χ1v) is 12.5. The summed E-state index contributed by atoms with van der Waals surface area (Å²) in [5.41, 5.74) is 0.553. The van der Waals surface area contributed by atoms with Gasteiger partial charge in [-0.25, -0.2) is 8.78 Å². The Morgan fingerprint density at radius 2 is 1.69 bits per heavy atom. The van der Waals surface area contributed by atoms with Crippen molar-refractivity contribution in [3.63, 3.8) is 0 Å². The van der Waals surface area contributed by atoms with Gasteiger partial charge in [0.1, 0.15) is 11.6 Å². The summed E-state index contributed by atoms with van der Waals surface area (Å²) in [6.07, 6.45) is 2.92. The maximum atomic E-state index is 12.5. The second-order valence-electron chi connectivity index (χ2n) is 2.20. The standard InChI is InChI=1S/C9H7F2.HI.Zn/c1-2-3-7-4-8(10)6-9(11)5-7;;/h4-6H,1,3H2;1H;/q-1;;+2/p-1. The van der Waals surface area contributed by atoms with Gasteiger partial charge in [0.2, 0.25) is 0 Å². The third kappa shape index (κ3) is 5.47. The molecule has 13 heavy (non-hydrogen) atoms. The molecule has 66 valence electrons. The summed E-state index contributed by atoms with van der Waals surface area (Å²) in [7, 11) is 0. The van der Waals surface area contributed by atoms with E-state index in [1.54, 1.807) is 0 Å². The second-order valence-corrected chi connectivity index (χ2v) is 2.20. The van der Waals surface area contributed by atoms with E-state index in [-0.39, 0.29) is 0 Å². The van der Waals surface area contributed by atoms with Crippen LogP contribution in [0.15, 0.2) is 24.8 Å². The molecule has 0 atom stereocenters. The van der Waals surface area contributed by atoms with Crippen LogP contribution in [0.25, 0.3) is 0 Å². The minimum atomic E-state index is -0.560. The monoisotopic (exact) mass is 344 g/mol. The molecule has 0 amide bonds. The first-order valence-electron chi connectivity index (χ1n) is 3.44. The molecule has 0 spiro atoms. The van der Waals surface area contributed by atoms with Crippen LogP contribution in [0.3, 0.4) is 0 Å². The molecule has 0 aliphatic rings. The van der Waals surface area contributed by atoms with E-state index in [0.29, 0.717) is 12.0 Å². The van der Waals surface area contributed by atoms with Gasteiger partial charge in [0, 0.05) is 6.07 Å². The number of halogens is 3. The van der Waals surface area contributed by atoms with Crippen molar-refractivity contribution in [3.8, 4) is 0 Å². The van der Waals surface area contributed by atoms with Crippen LogP contribution in [-0.4, -0.2) is 0 Å². The molecule has 0 bridgehead atoms. The van der Waals surface area contributed by atoms with Gasteiger partial charge in [0.15, 0.2) is 0 Å². The molecule has 4 heteroatoms. The summed E-state index contributed by atoms with van der Waals surface area (Å²) in [6, 6.07) is 3.37. The van der Waals surface area contributed by atoms with E-state index >= 15 is 0 Å². The van der Waals surface area contributed by atoms with E-state index in [0.717, 1.165) is 6.07 Å². The van der Waals surface area contributed by atoms with Crippen LogP contribution in [0.5, 0.6) is 0 Å². The van der Waals surface area contributed by atoms with Gasteiger partial charge in [-0.15, -0.1) is 0 Å². The van der Waals surface area contributed by atoms with Crippen molar-refractivity contribution >= 4 is 19.8 Å². The van der Waals surface area contributed by atoms with Crippen LogP contribution in [0.2, 0.25) is 0 Å². The number of hydrogen-bond acceptors (Lipinski definition) is 0. The third-order valence-electron chi connectivity index (χ3n) is 1.25. The van der Waals surface area contributed by atoms with Gasteiger partial charge >= 0.3 is 34.5 Å². The Balaban J connectivity index is 0.000000671. The van der Waals surface area contributed by atoms with Gasteiger partial charge in [-0.1, -0.05) is 5.56 Å². The molecular formula is C9H7F2IZn. The van der Waals surface area contributed by atoms with Crippen molar-refractivity contribution in [1.82, 2.24) is 0 Å². The van der Waals surface area contributed by atoms with Gasteiger partial charge in [-0.2, -0.15) is 6.42 Å². The molecule has 1 aromatic carbocycles. The zero-order chi connectivity index (χ0) is 10.3. The SMILES string of the molecule is C=[C-]Cc1cc(F)cc(F)c1.[Zn+][I]. The van der Waals surface area contributed by atoms with Crippen molar-refractivity contribution in [1.29, 1.82) is 0 Å². The van der Waals surface area contributed by atoms with Crippen LogP contribution in [-0.2, 0) is 21.2 Å². The van der Waals surface area contributed by atoms with Gasteiger partial charge in [-0.3, -0.25) is 6.58 Å². The van der Waals surface area contributed by atoms with Crippen LogP contribution in [0.1, 0.15) is 5.56 Å². The zero-order valence-electron chi connectivity index (χ0n) is 6.99. The van der Waals surface area contributed by atoms with E-state index in [1.165, 1.54) is 26.9 Å². The summed E-state index contributed by atoms with van der Waals surface area (Å²) in [5, 5.41) is 0. The summed E-state index contributed by atoms with van der Waals surface area (Å²) in [6.45, 7) is 3.35. The molecule has 0 nitrogen and oxygen atoms in total. The molecule has 1 aromatic rings. The molecule has 1 rings (SSSR count). The number of rotatable bonds is 2. The van der Waals surface area contributed by atoms with Crippen LogP contribution in [0.4, 0.5) is 8.78 Å². The van der Waals surface area contributed by atoms with Crippen LogP contribution < -0.4 is 0 Å². The quantitative estimate of drug-likeness (QED) is 0.438. The topological polar surface area (TPSA) is 0 Å². The number of hydrogen-bond donors (Lipinski definition) is 0. The van der Waals surface area contributed by atoms with E-state index in [1.807, 2.05) is 0 Å². The molecule has 0 unspecified atom stereocenters. The molecule has 0 saturated carbocycles. The first-order chi connectivity index (χ1) is 6.22. The Morgan fingerprint density at radius 1 is 1.23 bits per heavy atom. The summed E-state index contributed by atoms with van der Waals surface area (Å²) < 4.78 is 24.9. The zero-order valence-corrected chi connectivity index (χ0v) is 12.1. The van der Waals surface area contributed by atoms with Crippen LogP contribution >= 0.6 is 19.8 Å². The van der Waals surface area contributed by atoms with E-state index in [9.17, 15) is 8.78 Å². The number of allylic oxidation sites excluding steroid dienone is 1. The predicted octanol–water partition coefficient (Wildman–Crippen LogP) is 3.38. The second kappa shape index (κ2) is 7.57. The van der Waals surface area contributed by atoms with Crippen LogP contribution in [0, 0.1) is 17.7 Å². The van der Waals surface area contributed by atoms with Gasteiger partial charge < -0.3 is 6.08 Å². The Hall–Kier alpha value is 0.173. The van der Waals surface area contributed by atoms with Crippen molar-refractivity contribution in [2.75, 3.05) is 0 Å². The fraction of sp³-hybridized carbons (Fsp3) is 0.111.